The van der Waals surface area contributed by atoms with Crippen molar-refractivity contribution in [3.63, 3.8) is 0 Å². The number of hydrogen-bond acceptors (Lipinski definition) is 4. The summed E-state index contributed by atoms with van der Waals surface area (Å²) >= 11 is 0. The average Bonchev–Trinajstić information content (AvgIpc) is 2.49. The third-order valence-electron chi connectivity index (χ3n) is 4.01. The van der Waals surface area contributed by atoms with E-state index < -0.39 is 0 Å². The number of hydrogen-bond donors (Lipinski definition) is 2. The summed E-state index contributed by atoms with van der Waals surface area (Å²) in [5, 5.41) is 6.12. The van der Waals surface area contributed by atoms with Gasteiger partial charge in [-0.05, 0) is 39.5 Å². The van der Waals surface area contributed by atoms with E-state index in [0.29, 0.717) is 18.5 Å². The van der Waals surface area contributed by atoms with Gasteiger partial charge in [-0.15, -0.1) is 0 Å². The Bertz CT molecular complexity index is 521. The second-order valence-electron chi connectivity index (χ2n) is 6.20. The van der Waals surface area contributed by atoms with E-state index in [1.54, 1.807) is 0 Å². The van der Waals surface area contributed by atoms with Crippen LogP contribution in [0.1, 0.15) is 52.1 Å². The first-order valence-corrected chi connectivity index (χ1v) is 8.07. The molecule has 2 N–H and O–H groups in total. The smallest absolute Gasteiger partial charge is 0.223 e. The summed E-state index contributed by atoms with van der Waals surface area (Å²) in [6.07, 6.45) is 5.41. The maximum absolute atomic E-state index is 14.2. The monoisotopic (exact) mass is 308 g/mol. The van der Waals surface area contributed by atoms with Crippen LogP contribution in [0, 0.1) is 11.7 Å². The molecule has 1 heterocycles. The molecular formula is C16H25FN4O. The van der Waals surface area contributed by atoms with Gasteiger partial charge in [0, 0.05) is 18.0 Å². The zero-order valence-corrected chi connectivity index (χ0v) is 13.5. The minimum absolute atomic E-state index is 0.0100. The van der Waals surface area contributed by atoms with Crippen molar-refractivity contribution in [2.24, 2.45) is 5.92 Å². The molecule has 0 spiro atoms. The van der Waals surface area contributed by atoms with Crippen molar-refractivity contribution >= 4 is 11.7 Å². The second-order valence-corrected chi connectivity index (χ2v) is 6.20. The molecule has 0 aliphatic heterocycles. The standard InChI is InChI=1S/C16H25FN4O/c1-4-13-14(17)15(19-9-18-13)21-12-7-5-6-11(8-12)16(22)20-10(2)3/h9-12H,4-8H2,1-3H3,(H,20,22)(H,18,19,21)/t11-,12-/m0/s1. The molecule has 0 saturated heterocycles. The van der Waals surface area contributed by atoms with Crippen LogP contribution in [0.5, 0.6) is 0 Å². The van der Waals surface area contributed by atoms with Gasteiger partial charge in [0.25, 0.3) is 0 Å². The van der Waals surface area contributed by atoms with Crippen LogP contribution < -0.4 is 10.6 Å². The van der Waals surface area contributed by atoms with E-state index in [0.717, 1.165) is 19.3 Å². The molecule has 6 heteroatoms. The van der Waals surface area contributed by atoms with Crippen LogP contribution in [0.2, 0.25) is 0 Å². The summed E-state index contributed by atoms with van der Waals surface area (Å²) in [7, 11) is 0. The third kappa shape index (κ3) is 4.15. The van der Waals surface area contributed by atoms with E-state index >= 15 is 0 Å². The number of aryl methyl sites for hydroxylation is 1. The number of carbonyl (C=O) groups excluding carboxylic acids is 1. The number of halogens is 1. The number of aromatic nitrogens is 2. The number of carbonyl (C=O) groups is 1. The van der Waals surface area contributed by atoms with Crippen LogP contribution in [0.4, 0.5) is 10.2 Å². The largest absolute Gasteiger partial charge is 0.365 e. The minimum atomic E-state index is -0.376. The van der Waals surface area contributed by atoms with Gasteiger partial charge in [0.15, 0.2) is 11.6 Å². The molecule has 0 radical (unpaired) electrons. The Morgan fingerprint density at radius 1 is 1.41 bits per heavy atom. The lowest BCUT2D eigenvalue weighted by molar-refractivity contribution is -0.126. The summed E-state index contributed by atoms with van der Waals surface area (Å²) in [5.41, 5.74) is 0.419. The molecule has 0 bridgehead atoms. The van der Waals surface area contributed by atoms with Gasteiger partial charge in [-0.25, -0.2) is 14.4 Å². The van der Waals surface area contributed by atoms with Gasteiger partial charge in [-0.2, -0.15) is 0 Å². The number of nitrogens with one attached hydrogen (secondary N) is 2. The summed E-state index contributed by atoms with van der Waals surface area (Å²) < 4.78 is 14.2. The molecule has 1 saturated carbocycles. The lowest BCUT2D eigenvalue weighted by atomic mass is 9.85. The second kappa shape index (κ2) is 7.51. The first-order chi connectivity index (χ1) is 10.5. The van der Waals surface area contributed by atoms with Crippen molar-refractivity contribution in [2.75, 3.05) is 5.32 Å². The lowest BCUT2D eigenvalue weighted by Gasteiger charge is -2.30. The van der Waals surface area contributed by atoms with E-state index in [9.17, 15) is 9.18 Å². The van der Waals surface area contributed by atoms with E-state index in [4.69, 9.17) is 0 Å². The van der Waals surface area contributed by atoms with Gasteiger partial charge >= 0.3 is 0 Å². The first-order valence-electron chi connectivity index (χ1n) is 8.07. The maximum atomic E-state index is 14.2. The fourth-order valence-electron chi connectivity index (χ4n) is 2.91. The number of rotatable bonds is 5. The van der Waals surface area contributed by atoms with Gasteiger partial charge in [0.05, 0.1) is 5.69 Å². The van der Waals surface area contributed by atoms with Crippen LogP contribution in [0.15, 0.2) is 6.33 Å². The summed E-state index contributed by atoms with van der Waals surface area (Å²) in [6, 6.07) is 0.220. The Balaban J connectivity index is 2.00. The van der Waals surface area contributed by atoms with E-state index in [1.807, 2.05) is 20.8 Å². The minimum Gasteiger partial charge on any atom is -0.365 e. The predicted molar refractivity (Wildman–Crippen MR) is 84.0 cm³/mol. The van der Waals surface area contributed by atoms with E-state index in [1.165, 1.54) is 6.33 Å². The molecule has 0 unspecified atom stereocenters. The molecule has 22 heavy (non-hydrogen) atoms. The molecular weight excluding hydrogens is 283 g/mol. The predicted octanol–water partition coefficient (Wildman–Crippen LogP) is 2.67. The van der Waals surface area contributed by atoms with Crippen molar-refractivity contribution in [2.45, 2.75) is 65.0 Å². The Kier molecular flexibility index (Phi) is 5.69. The average molecular weight is 308 g/mol. The topological polar surface area (TPSA) is 66.9 Å². The van der Waals surface area contributed by atoms with Crippen LogP contribution in [0.25, 0.3) is 0 Å². The molecule has 5 nitrogen and oxygen atoms in total. The highest BCUT2D eigenvalue weighted by molar-refractivity contribution is 5.79. The van der Waals surface area contributed by atoms with Gasteiger partial charge < -0.3 is 10.6 Å². The Morgan fingerprint density at radius 2 is 2.18 bits per heavy atom. The van der Waals surface area contributed by atoms with Crippen LogP contribution in [-0.4, -0.2) is 28.0 Å². The SMILES string of the molecule is CCc1ncnc(N[C@H]2CCC[C@H](C(=O)NC(C)C)C2)c1F. The highest BCUT2D eigenvalue weighted by Crippen LogP contribution is 2.27. The van der Waals surface area contributed by atoms with E-state index in [2.05, 4.69) is 20.6 Å². The first kappa shape index (κ1) is 16.6. The molecule has 1 aliphatic carbocycles. The summed E-state index contributed by atoms with van der Waals surface area (Å²) in [4.78, 5) is 20.1. The summed E-state index contributed by atoms with van der Waals surface area (Å²) in [5.74, 6) is -0.0383. The number of nitrogens with zero attached hydrogens (tertiary/aromatic N) is 2. The highest BCUT2D eigenvalue weighted by atomic mass is 19.1. The fourth-order valence-corrected chi connectivity index (χ4v) is 2.91. The van der Waals surface area contributed by atoms with Gasteiger partial charge in [0.2, 0.25) is 5.91 Å². The van der Waals surface area contributed by atoms with E-state index in [-0.39, 0.29) is 35.5 Å². The molecule has 1 aromatic rings. The third-order valence-corrected chi connectivity index (χ3v) is 4.01. The van der Waals surface area contributed by atoms with Gasteiger partial charge in [-0.1, -0.05) is 13.3 Å². The van der Waals surface area contributed by atoms with Crippen molar-refractivity contribution < 1.29 is 9.18 Å². The van der Waals surface area contributed by atoms with Crippen molar-refractivity contribution in [1.29, 1.82) is 0 Å². The molecule has 122 valence electrons. The normalized spacial score (nSPS) is 21.7. The molecule has 2 atom stereocenters. The Labute approximate surface area is 131 Å². The molecule has 2 rings (SSSR count). The Hall–Kier alpha value is -1.72. The maximum Gasteiger partial charge on any atom is 0.223 e. The zero-order valence-electron chi connectivity index (χ0n) is 13.5. The zero-order chi connectivity index (χ0) is 16.1. The van der Waals surface area contributed by atoms with Gasteiger partial charge in [0.1, 0.15) is 6.33 Å². The quantitative estimate of drug-likeness (QED) is 0.877. The number of anilines is 1. The molecule has 1 aromatic heterocycles. The van der Waals surface area contributed by atoms with Crippen LogP contribution in [0.3, 0.4) is 0 Å². The van der Waals surface area contributed by atoms with Crippen molar-refractivity contribution in [1.82, 2.24) is 15.3 Å². The van der Waals surface area contributed by atoms with Crippen LogP contribution >= 0.6 is 0 Å². The number of amides is 1. The highest BCUT2D eigenvalue weighted by Gasteiger charge is 2.28. The van der Waals surface area contributed by atoms with Crippen molar-refractivity contribution in [3.8, 4) is 0 Å². The summed E-state index contributed by atoms with van der Waals surface area (Å²) in [6.45, 7) is 5.78. The Morgan fingerprint density at radius 3 is 2.86 bits per heavy atom. The molecule has 1 aliphatic rings. The molecule has 1 amide bonds. The lowest BCUT2D eigenvalue weighted by Crippen LogP contribution is -2.40. The fraction of sp³-hybridized carbons (Fsp3) is 0.688. The van der Waals surface area contributed by atoms with Crippen molar-refractivity contribution in [3.05, 3.63) is 17.8 Å². The molecule has 0 aromatic carbocycles. The van der Waals surface area contributed by atoms with Gasteiger partial charge in [-0.3, -0.25) is 4.79 Å². The molecule has 1 fully saturated rings. The van der Waals surface area contributed by atoms with Crippen LogP contribution in [-0.2, 0) is 11.2 Å².